The Hall–Kier alpha value is -2.82. The lowest BCUT2D eigenvalue weighted by Gasteiger charge is -2.30. The van der Waals surface area contributed by atoms with Crippen molar-refractivity contribution in [1.82, 2.24) is 4.98 Å². The molecule has 1 amide bonds. The topological polar surface area (TPSA) is 60.5 Å². The SMILES string of the molecule is COc1cc2c3c(c4ncc(NC=O)cc4c2cc1OC)CC1CCCC1C3. The first kappa shape index (κ1) is 17.3. The standard InChI is InChI=1S/C23H24N2O3/c1-27-21-9-17-16-6-13-4-3-5-14(13)7-19(16)23-20(18(17)10-22(21)28-2)8-15(11-24-23)25-12-26/h8-14H,3-7H2,1-2H3,(H,25,26). The van der Waals surface area contributed by atoms with E-state index in [1.807, 2.05) is 12.1 Å². The molecule has 28 heavy (non-hydrogen) atoms. The van der Waals surface area contributed by atoms with Crippen LogP contribution in [0.4, 0.5) is 5.69 Å². The zero-order chi connectivity index (χ0) is 19.3. The van der Waals surface area contributed by atoms with Crippen molar-refractivity contribution < 1.29 is 14.3 Å². The van der Waals surface area contributed by atoms with Gasteiger partial charge < -0.3 is 14.8 Å². The molecule has 1 heterocycles. The Morgan fingerprint density at radius 1 is 0.964 bits per heavy atom. The smallest absolute Gasteiger partial charge is 0.211 e. The fraction of sp³-hybridized carbons (Fsp3) is 0.391. The van der Waals surface area contributed by atoms with Crippen molar-refractivity contribution in [2.24, 2.45) is 11.8 Å². The number of aromatic nitrogens is 1. The Bertz CT molecular complexity index is 1090. The van der Waals surface area contributed by atoms with Crippen molar-refractivity contribution in [1.29, 1.82) is 0 Å². The van der Waals surface area contributed by atoms with Crippen molar-refractivity contribution in [3.8, 4) is 11.5 Å². The normalized spacial score (nSPS) is 20.6. The highest BCUT2D eigenvalue weighted by atomic mass is 16.5. The summed E-state index contributed by atoms with van der Waals surface area (Å²) in [6.07, 6.45) is 8.62. The molecular weight excluding hydrogens is 352 g/mol. The molecule has 1 saturated carbocycles. The Labute approximate surface area is 164 Å². The summed E-state index contributed by atoms with van der Waals surface area (Å²) in [5, 5.41) is 6.11. The molecule has 0 aliphatic heterocycles. The molecule has 5 nitrogen and oxygen atoms in total. The van der Waals surface area contributed by atoms with Gasteiger partial charge in [-0.1, -0.05) is 6.42 Å². The van der Waals surface area contributed by atoms with Gasteiger partial charge in [-0.15, -0.1) is 0 Å². The summed E-state index contributed by atoms with van der Waals surface area (Å²) in [7, 11) is 3.34. The quantitative estimate of drug-likeness (QED) is 0.538. The van der Waals surface area contributed by atoms with Crippen LogP contribution in [-0.4, -0.2) is 25.6 Å². The summed E-state index contributed by atoms with van der Waals surface area (Å²) >= 11 is 0. The second-order valence-electron chi connectivity index (χ2n) is 7.95. The van der Waals surface area contributed by atoms with Crippen LogP contribution in [0.1, 0.15) is 30.4 Å². The fourth-order valence-corrected chi connectivity index (χ4v) is 5.34. The maximum absolute atomic E-state index is 10.9. The summed E-state index contributed by atoms with van der Waals surface area (Å²) < 4.78 is 11.2. The van der Waals surface area contributed by atoms with Crippen LogP contribution >= 0.6 is 0 Å². The minimum Gasteiger partial charge on any atom is -0.493 e. The van der Waals surface area contributed by atoms with E-state index in [4.69, 9.17) is 14.5 Å². The first-order chi connectivity index (χ1) is 13.7. The number of carbonyl (C=O) groups is 1. The van der Waals surface area contributed by atoms with Crippen LogP contribution in [0, 0.1) is 11.8 Å². The Morgan fingerprint density at radius 3 is 2.32 bits per heavy atom. The lowest BCUT2D eigenvalue weighted by molar-refractivity contribution is -0.105. The zero-order valence-electron chi connectivity index (χ0n) is 16.2. The molecule has 0 bridgehead atoms. The Kier molecular flexibility index (Phi) is 4.11. The van der Waals surface area contributed by atoms with E-state index in [-0.39, 0.29) is 0 Å². The molecule has 0 saturated heterocycles. The van der Waals surface area contributed by atoms with Crippen LogP contribution in [0.15, 0.2) is 24.4 Å². The van der Waals surface area contributed by atoms with Crippen molar-refractivity contribution >= 4 is 33.8 Å². The number of amides is 1. The highest BCUT2D eigenvalue weighted by Crippen LogP contribution is 2.47. The number of benzene rings is 2. The van der Waals surface area contributed by atoms with Gasteiger partial charge >= 0.3 is 0 Å². The zero-order valence-corrected chi connectivity index (χ0v) is 16.2. The second-order valence-corrected chi connectivity index (χ2v) is 7.95. The average Bonchev–Trinajstić information content (AvgIpc) is 3.19. The highest BCUT2D eigenvalue weighted by molar-refractivity contribution is 6.11. The molecule has 0 radical (unpaired) electrons. The van der Waals surface area contributed by atoms with Gasteiger partial charge in [-0.3, -0.25) is 9.78 Å². The summed E-state index contributed by atoms with van der Waals surface area (Å²) in [5.74, 6) is 3.00. The molecule has 2 unspecified atom stereocenters. The van der Waals surface area contributed by atoms with E-state index in [0.717, 1.165) is 46.7 Å². The van der Waals surface area contributed by atoms with Gasteiger partial charge in [-0.05, 0) is 77.6 Å². The first-order valence-corrected chi connectivity index (χ1v) is 9.93. The van der Waals surface area contributed by atoms with Gasteiger partial charge in [-0.25, -0.2) is 0 Å². The molecule has 3 aromatic rings. The number of hydrogen-bond donors (Lipinski definition) is 1. The molecule has 5 heteroatoms. The number of nitrogens with one attached hydrogen (secondary N) is 1. The Balaban J connectivity index is 1.86. The number of carbonyl (C=O) groups excluding carboxylic acids is 1. The third kappa shape index (κ3) is 2.53. The van der Waals surface area contributed by atoms with E-state index >= 15 is 0 Å². The van der Waals surface area contributed by atoms with E-state index in [2.05, 4.69) is 11.4 Å². The molecular formula is C23H24N2O3. The van der Waals surface area contributed by atoms with Crippen molar-refractivity contribution in [2.45, 2.75) is 32.1 Å². The molecule has 144 valence electrons. The molecule has 2 aromatic carbocycles. The van der Waals surface area contributed by atoms with E-state index in [9.17, 15) is 4.79 Å². The minimum atomic E-state index is 0.691. The van der Waals surface area contributed by atoms with Crippen LogP contribution in [0.2, 0.25) is 0 Å². The van der Waals surface area contributed by atoms with Crippen LogP contribution < -0.4 is 14.8 Å². The van der Waals surface area contributed by atoms with Crippen molar-refractivity contribution in [2.75, 3.05) is 19.5 Å². The third-order valence-corrected chi connectivity index (χ3v) is 6.65. The van der Waals surface area contributed by atoms with Gasteiger partial charge in [-0.2, -0.15) is 0 Å². The lowest BCUT2D eigenvalue weighted by Crippen LogP contribution is -2.21. The second kappa shape index (κ2) is 6.66. The molecule has 1 N–H and O–H groups in total. The molecule has 2 aliphatic rings. The van der Waals surface area contributed by atoms with E-state index < -0.39 is 0 Å². The molecule has 1 aromatic heterocycles. The van der Waals surface area contributed by atoms with Crippen LogP contribution in [0.5, 0.6) is 11.5 Å². The molecule has 1 fully saturated rings. The summed E-state index contributed by atoms with van der Waals surface area (Å²) in [6.45, 7) is 0. The van der Waals surface area contributed by atoms with E-state index in [0.29, 0.717) is 17.8 Å². The maximum Gasteiger partial charge on any atom is 0.211 e. The van der Waals surface area contributed by atoms with Gasteiger partial charge in [0, 0.05) is 5.39 Å². The van der Waals surface area contributed by atoms with Crippen LogP contribution in [0.25, 0.3) is 21.7 Å². The molecule has 2 atom stereocenters. The summed E-state index contributed by atoms with van der Waals surface area (Å²) in [4.78, 5) is 15.7. The minimum absolute atomic E-state index is 0.691. The van der Waals surface area contributed by atoms with Crippen LogP contribution in [0.3, 0.4) is 0 Å². The number of rotatable bonds is 4. The fourth-order valence-electron chi connectivity index (χ4n) is 5.34. The van der Waals surface area contributed by atoms with Crippen molar-refractivity contribution in [3.63, 3.8) is 0 Å². The van der Waals surface area contributed by atoms with Gasteiger partial charge in [0.25, 0.3) is 0 Å². The number of nitrogens with zero attached hydrogens (tertiary/aromatic N) is 1. The average molecular weight is 376 g/mol. The van der Waals surface area contributed by atoms with Gasteiger partial charge in [0.05, 0.1) is 31.6 Å². The number of methoxy groups -OCH3 is 2. The first-order valence-electron chi connectivity index (χ1n) is 9.93. The predicted molar refractivity (Wildman–Crippen MR) is 110 cm³/mol. The Morgan fingerprint density at radius 2 is 1.64 bits per heavy atom. The highest BCUT2D eigenvalue weighted by Gasteiger charge is 2.34. The number of pyridine rings is 1. The van der Waals surface area contributed by atoms with Gasteiger partial charge in [0.15, 0.2) is 11.5 Å². The van der Waals surface area contributed by atoms with E-state index in [1.54, 1.807) is 20.4 Å². The number of anilines is 1. The van der Waals surface area contributed by atoms with Crippen molar-refractivity contribution in [3.05, 3.63) is 35.5 Å². The number of hydrogen-bond acceptors (Lipinski definition) is 4. The lowest BCUT2D eigenvalue weighted by atomic mass is 9.75. The van der Waals surface area contributed by atoms with Crippen LogP contribution in [-0.2, 0) is 17.6 Å². The number of ether oxygens (including phenoxy) is 2. The van der Waals surface area contributed by atoms with Gasteiger partial charge in [0.2, 0.25) is 6.41 Å². The number of fused-ring (bicyclic) bond motifs is 7. The summed E-state index contributed by atoms with van der Waals surface area (Å²) in [6, 6.07) is 6.18. The predicted octanol–water partition coefficient (Wildman–Crippen LogP) is 4.49. The monoisotopic (exact) mass is 376 g/mol. The molecule has 2 aliphatic carbocycles. The third-order valence-electron chi connectivity index (χ3n) is 6.65. The molecule has 5 rings (SSSR count). The maximum atomic E-state index is 10.9. The van der Waals surface area contributed by atoms with Gasteiger partial charge in [0.1, 0.15) is 0 Å². The molecule has 0 spiro atoms. The summed E-state index contributed by atoms with van der Waals surface area (Å²) in [5.41, 5.74) is 4.54. The largest absolute Gasteiger partial charge is 0.493 e. The van der Waals surface area contributed by atoms with E-state index in [1.165, 1.54) is 35.8 Å².